The van der Waals surface area contributed by atoms with Crippen LogP contribution < -0.4 is 10.1 Å². The minimum absolute atomic E-state index is 0.0963. The minimum atomic E-state index is -0.383. The van der Waals surface area contributed by atoms with Crippen molar-refractivity contribution < 1.29 is 24.9 Å². The predicted molar refractivity (Wildman–Crippen MR) is 152 cm³/mol. The van der Waals surface area contributed by atoms with Crippen LogP contribution in [0.2, 0.25) is 0 Å². The summed E-state index contributed by atoms with van der Waals surface area (Å²) < 4.78 is 5.21. The highest BCUT2D eigenvalue weighted by atomic mass is 16.5. The topological polar surface area (TPSA) is 99.0 Å². The second-order valence-corrected chi connectivity index (χ2v) is 14.0. The Bertz CT molecular complexity index is 998. The van der Waals surface area contributed by atoms with Crippen molar-refractivity contribution in [1.82, 2.24) is 5.32 Å². The van der Waals surface area contributed by atoms with Crippen molar-refractivity contribution >= 4 is 5.91 Å². The van der Waals surface area contributed by atoms with E-state index in [-0.39, 0.29) is 41.0 Å². The van der Waals surface area contributed by atoms with Gasteiger partial charge in [-0.2, -0.15) is 0 Å². The van der Waals surface area contributed by atoms with Gasteiger partial charge in [0.15, 0.2) is 0 Å². The van der Waals surface area contributed by atoms with Crippen molar-refractivity contribution in [2.45, 2.75) is 103 Å². The smallest absolute Gasteiger partial charge is 0.220 e. The number of hydrogen-bond donors (Lipinski definition) is 4. The third-order valence-electron chi connectivity index (χ3n) is 12.2. The molecule has 0 spiro atoms. The molecular weight excluding hydrogens is 490 g/mol. The highest BCUT2D eigenvalue weighted by Gasteiger charge is 2.65. The van der Waals surface area contributed by atoms with Gasteiger partial charge < -0.3 is 25.4 Å². The summed E-state index contributed by atoms with van der Waals surface area (Å²) in [5.41, 5.74) is 1.05. The first-order valence-corrected chi connectivity index (χ1v) is 15.5. The van der Waals surface area contributed by atoms with Gasteiger partial charge in [-0.15, -0.1) is 0 Å². The lowest BCUT2D eigenvalue weighted by Crippen LogP contribution is -2.62. The van der Waals surface area contributed by atoms with Crippen LogP contribution in [0.5, 0.6) is 5.75 Å². The molecule has 0 aliphatic heterocycles. The first kappa shape index (κ1) is 28.9. The van der Waals surface area contributed by atoms with Crippen LogP contribution in [-0.2, 0) is 11.2 Å². The average molecular weight is 542 g/mol. The van der Waals surface area contributed by atoms with Crippen molar-refractivity contribution in [2.24, 2.45) is 46.3 Å². The number of rotatable bonds is 8. The molecular formula is C33H51NO5. The summed E-state index contributed by atoms with van der Waals surface area (Å²) in [6.45, 7) is 7.55. The quantitative estimate of drug-likeness (QED) is 0.381. The van der Waals surface area contributed by atoms with Crippen molar-refractivity contribution in [3.05, 3.63) is 29.8 Å². The Morgan fingerprint density at radius 3 is 2.51 bits per heavy atom. The van der Waals surface area contributed by atoms with E-state index in [1.54, 1.807) is 7.11 Å². The van der Waals surface area contributed by atoms with Gasteiger partial charge in [-0.05, 0) is 122 Å². The van der Waals surface area contributed by atoms with Crippen molar-refractivity contribution in [2.75, 3.05) is 13.7 Å². The van der Waals surface area contributed by atoms with Crippen LogP contribution in [0.1, 0.15) is 84.1 Å². The van der Waals surface area contributed by atoms with Crippen LogP contribution >= 0.6 is 0 Å². The summed E-state index contributed by atoms with van der Waals surface area (Å²) in [5, 5.41) is 36.6. The molecule has 4 fully saturated rings. The van der Waals surface area contributed by atoms with E-state index in [0.29, 0.717) is 42.6 Å². The van der Waals surface area contributed by atoms with Crippen LogP contribution in [0, 0.1) is 46.3 Å². The molecule has 0 aromatic heterocycles. The van der Waals surface area contributed by atoms with Crippen LogP contribution in [0.3, 0.4) is 0 Å². The monoisotopic (exact) mass is 541 g/mol. The second kappa shape index (κ2) is 11.3. The van der Waals surface area contributed by atoms with E-state index in [0.717, 1.165) is 63.5 Å². The zero-order chi connectivity index (χ0) is 27.9. The Labute approximate surface area is 234 Å². The summed E-state index contributed by atoms with van der Waals surface area (Å²) in [5.74, 6) is 2.84. The number of carbonyl (C=O) groups is 1. The molecule has 4 N–H and O–H groups in total. The maximum atomic E-state index is 12.7. The van der Waals surface area contributed by atoms with Crippen LogP contribution in [-0.4, -0.2) is 53.2 Å². The number of amides is 1. The highest BCUT2D eigenvalue weighted by molar-refractivity contribution is 5.75. The van der Waals surface area contributed by atoms with Gasteiger partial charge in [0.05, 0.1) is 25.4 Å². The molecule has 6 heteroatoms. The fourth-order valence-corrected chi connectivity index (χ4v) is 9.92. The van der Waals surface area contributed by atoms with Crippen LogP contribution in [0.25, 0.3) is 0 Å². The van der Waals surface area contributed by atoms with E-state index >= 15 is 0 Å². The van der Waals surface area contributed by atoms with Gasteiger partial charge in [-0.3, -0.25) is 4.79 Å². The lowest BCUT2D eigenvalue weighted by atomic mass is 9.43. The standard InChI is InChI=1S/C33H51NO5/c1-20(5-12-30(38)34-16-14-21-6-8-24(39-4)9-7-21)25-10-11-26-31-27(19-29(37)33(25,26)3)32(2)15-13-23(35)17-22(32)18-28(31)36/h6-9,20,22-23,25-29,31,35-37H,5,10-19H2,1-4H3,(H,34,38)/t20-,22+,23-,25-,26+,27+,28-,29+,31+,32+,33-/m1/s1. The van der Waals surface area contributed by atoms with Gasteiger partial charge in [0.1, 0.15) is 5.75 Å². The summed E-state index contributed by atoms with van der Waals surface area (Å²) in [4.78, 5) is 12.7. The molecule has 0 radical (unpaired) electrons. The molecule has 11 atom stereocenters. The number of aliphatic hydroxyl groups excluding tert-OH is 3. The number of carbonyl (C=O) groups excluding carboxylic acids is 1. The number of fused-ring (bicyclic) bond motifs is 5. The summed E-state index contributed by atoms with van der Waals surface area (Å²) in [7, 11) is 1.66. The number of ether oxygens (including phenoxy) is 1. The summed E-state index contributed by atoms with van der Waals surface area (Å²) in [6, 6.07) is 7.96. The summed E-state index contributed by atoms with van der Waals surface area (Å²) in [6.07, 6.45) is 7.43. The van der Waals surface area contributed by atoms with Crippen LogP contribution in [0.15, 0.2) is 24.3 Å². The second-order valence-electron chi connectivity index (χ2n) is 14.0. The van der Waals surface area contributed by atoms with E-state index in [4.69, 9.17) is 4.74 Å². The van der Waals surface area contributed by atoms with Gasteiger partial charge in [-0.1, -0.05) is 32.9 Å². The van der Waals surface area contributed by atoms with Gasteiger partial charge in [-0.25, -0.2) is 0 Å². The molecule has 218 valence electrons. The van der Waals surface area contributed by atoms with Crippen molar-refractivity contribution in [3.63, 3.8) is 0 Å². The Kier molecular flexibility index (Phi) is 8.39. The number of nitrogens with one attached hydrogen (secondary N) is 1. The highest BCUT2D eigenvalue weighted by Crippen LogP contribution is 2.68. The van der Waals surface area contributed by atoms with E-state index < -0.39 is 0 Å². The van der Waals surface area contributed by atoms with Gasteiger partial charge >= 0.3 is 0 Å². The lowest BCUT2D eigenvalue weighted by molar-refractivity contribution is -0.207. The Balaban J connectivity index is 1.18. The normalized spacial score (nSPS) is 42.1. The lowest BCUT2D eigenvalue weighted by Gasteiger charge is -2.63. The molecule has 0 bridgehead atoms. The fourth-order valence-electron chi connectivity index (χ4n) is 9.92. The van der Waals surface area contributed by atoms with Gasteiger partial charge in [0, 0.05) is 13.0 Å². The molecule has 4 saturated carbocycles. The molecule has 6 nitrogen and oxygen atoms in total. The van der Waals surface area contributed by atoms with E-state index in [9.17, 15) is 20.1 Å². The molecule has 5 rings (SSSR count). The third kappa shape index (κ3) is 5.26. The molecule has 4 aliphatic carbocycles. The van der Waals surface area contributed by atoms with Crippen molar-refractivity contribution in [3.8, 4) is 5.75 Å². The molecule has 1 aromatic carbocycles. The number of aliphatic hydroxyl groups is 3. The number of methoxy groups -OCH3 is 1. The first-order chi connectivity index (χ1) is 18.6. The molecule has 4 aliphatic rings. The average Bonchev–Trinajstić information content (AvgIpc) is 3.28. The molecule has 1 aromatic rings. The van der Waals surface area contributed by atoms with Crippen LogP contribution in [0.4, 0.5) is 0 Å². The Morgan fingerprint density at radius 1 is 1.05 bits per heavy atom. The predicted octanol–water partition coefficient (Wildman–Crippen LogP) is 4.73. The van der Waals surface area contributed by atoms with E-state index in [1.807, 2.05) is 24.3 Å². The zero-order valence-electron chi connectivity index (χ0n) is 24.4. The molecule has 0 heterocycles. The minimum Gasteiger partial charge on any atom is -0.497 e. The maximum absolute atomic E-state index is 12.7. The largest absolute Gasteiger partial charge is 0.497 e. The third-order valence-corrected chi connectivity index (χ3v) is 12.2. The molecule has 39 heavy (non-hydrogen) atoms. The number of hydrogen-bond acceptors (Lipinski definition) is 5. The Morgan fingerprint density at radius 2 is 1.79 bits per heavy atom. The zero-order valence-corrected chi connectivity index (χ0v) is 24.4. The van der Waals surface area contributed by atoms with Gasteiger partial charge in [0.2, 0.25) is 5.91 Å². The van der Waals surface area contributed by atoms with Crippen molar-refractivity contribution in [1.29, 1.82) is 0 Å². The fraction of sp³-hybridized carbons (Fsp3) is 0.788. The Hall–Kier alpha value is -1.63. The first-order valence-electron chi connectivity index (χ1n) is 15.5. The summed E-state index contributed by atoms with van der Waals surface area (Å²) >= 11 is 0. The SMILES string of the molecule is COc1ccc(CCNC(=O)CC[C@@H](C)[C@H]2CC[C@H]3[C@@H]4[C@H](O)C[C@@H]5C[C@H](O)CC[C@]5(C)[C@H]4C[C@H](O)[C@]23C)cc1. The molecule has 0 unspecified atom stereocenters. The van der Waals surface area contributed by atoms with E-state index in [1.165, 1.54) is 5.56 Å². The number of benzene rings is 1. The maximum Gasteiger partial charge on any atom is 0.220 e. The van der Waals surface area contributed by atoms with Gasteiger partial charge in [0.25, 0.3) is 0 Å². The molecule has 1 amide bonds. The van der Waals surface area contributed by atoms with E-state index in [2.05, 4.69) is 26.1 Å². The molecule has 0 saturated heterocycles.